The van der Waals surface area contributed by atoms with Gasteiger partial charge in [0, 0.05) is 12.3 Å². The van der Waals surface area contributed by atoms with E-state index in [0.29, 0.717) is 0 Å². The van der Waals surface area contributed by atoms with Crippen LogP contribution in [0.15, 0.2) is 12.3 Å². The van der Waals surface area contributed by atoms with Crippen LogP contribution in [0, 0.1) is 0 Å². The average molecular weight is 205 g/mol. The zero-order chi connectivity index (χ0) is 11.0. The zero-order valence-corrected chi connectivity index (χ0v) is 7.93. The van der Waals surface area contributed by atoms with Gasteiger partial charge in [-0.1, -0.05) is 0 Å². The van der Waals surface area contributed by atoms with Crippen molar-refractivity contribution in [3.05, 3.63) is 12.3 Å². The molecule has 14 heavy (non-hydrogen) atoms. The van der Waals surface area contributed by atoms with Crippen LogP contribution >= 0.6 is 0 Å². The Morgan fingerprint density at radius 1 is 1.36 bits per heavy atom. The van der Waals surface area contributed by atoms with Crippen molar-refractivity contribution >= 4 is 5.97 Å². The van der Waals surface area contributed by atoms with E-state index in [0.717, 1.165) is 6.08 Å². The molecule has 0 aliphatic heterocycles. The highest BCUT2D eigenvalue weighted by Crippen LogP contribution is 2.00. The third kappa shape index (κ3) is 3.73. The maximum absolute atomic E-state index is 10.6. The molecule has 0 rings (SSSR count). The van der Waals surface area contributed by atoms with E-state index in [-0.39, 0.29) is 0 Å². The molecule has 0 radical (unpaired) electrons. The van der Waals surface area contributed by atoms with Gasteiger partial charge < -0.3 is 25.4 Å². The van der Waals surface area contributed by atoms with Gasteiger partial charge in [-0.05, 0) is 0 Å². The molecule has 82 valence electrons. The van der Waals surface area contributed by atoms with Gasteiger partial charge in [0.2, 0.25) is 0 Å². The van der Waals surface area contributed by atoms with Crippen molar-refractivity contribution in [2.45, 2.75) is 5.54 Å². The third-order valence-electron chi connectivity index (χ3n) is 1.72. The molecule has 0 saturated heterocycles. The Hall–Kier alpha value is -1.11. The number of hydrogen-bond acceptors (Lipinski definition) is 6. The lowest BCUT2D eigenvalue weighted by Gasteiger charge is -2.27. The Morgan fingerprint density at radius 3 is 2.21 bits per heavy atom. The van der Waals surface area contributed by atoms with E-state index in [1.807, 2.05) is 0 Å². The molecule has 0 aromatic carbocycles. The predicted octanol–water partition coefficient (Wildman–Crippen LogP) is -2.02. The fourth-order valence-electron chi connectivity index (χ4n) is 0.641. The molecule has 0 aliphatic carbocycles. The highest BCUT2D eigenvalue weighted by Gasteiger charge is 2.25. The van der Waals surface area contributed by atoms with E-state index >= 15 is 0 Å². The molecule has 0 fully saturated rings. The van der Waals surface area contributed by atoms with Gasteiger partial charge in [-0.2, -0.15) is 0 Å². The molecule has 6 nitrogen and oxygen atoms in total. The molecule has 6 heteroatoms. The summed E-state index contributed by atoms with van der Waals surface area (Å²) >= 11 is 0. The number of hydrogen-bond donors (Lipinski definition) is 4. The number of nitrogens with one attached hydrogen (secondary N) is 1. The van der Waals surface area contributed by atoms with Crippen LogP contribution in [0.5, 0.6) is 0 Å². The van der Waals surface area contributed by atoms with Crippen LogP contribution in [0.3, 0.4) is 0 Å². The van der Waals surface area contributed by atoms with Gasteiger partial charge in [0.1, 0.15) is 5.54 Å². The number of carbonyl (C=O) groups excluding carboxylic acids is 1. The van der Waals surface area contributed by atoms with Gasteiger partial charge in [0.05, 0.1) is 26.9 Å². The lowest BCUT2D eigenvalue weighted by Crippen LogP contribution is -2.52. The van der Waals surface area contributed by atoms with Crippen molar-refractivity contribution < 1.29 is 24.9 Å². The summed E-state index contributed by atoms with van der Waals surface area (Å²) in [7, 11) is 1.23. The summed E-state index contributed by atoms with van der Waals surface area (Å²) in [4.78, 5) is 10.6. The molecular weight excluding hydrogens is 190 g/mol. The standard InChI is InChI=1S/C8H15NO5/c1-14-7(13)2-3-9-8(4-10,5-11)6-12/h2-3,9-12H,4-6H2,1H3/b3-2+. The number of carbonyl (C=O) groups is 1. The Kier molecular flexibility index (Phi) is 5.86. The molecule has 0 heterocycles. The molecule has 4 N–H and O–H groups in total. The van der Waals surface area contributed by atoms with Crippen molar-refractivity contribution in [3.8, 4) is 0 Å². The van der Waals surface area contributed by atoms with Gasteiger partial charge in [-0.3, -0.25) is 0 Å². The summed E-state index contributed by atoms with van der Waals surface area (Å²) in [6.07, 6.45) is 2.28. The molecule has 0 unspecified atom stereocenters. The summed E-state index contributed by atoms with van der Waals surface area (Å²) in [5.74, 6) is -0.569. The van der Waals surface area contributed by atoms with Crippen LogP contribution in [0.4, 0.5) is 0 Å². The Balaban J connectivity index is 4.18. The second-order valence-corrected chi connectivity index (χ2v) is 2.76. The Bertz CT molecular complexity index is 192. The third-order valence-corrected chi connectivity index (χ3v) is 1.72. The van der Waals surface area contributed by atoms with E-state index in [2.05, 4.69) is 10.1 Å². The number of aliphatic hydroxyl groups is 3. The SMILES string of the molecule is COC(=O)/C=C/NC(CO)(CO)CO. The molecule has 0 aliphatic rings. The number of aliphatic hydroxyl groups excluding tert-OH is 3. The molecule has 0 bridgehead atoms. The first kappa shape index (κ1) is 12.9. The van der Waals surface area contributed by atoms with Crippen molar-refractivity contribution in [2.24, 2.45) is 0 Å². The number of methoxy groups -OCH3 is 1. The van der Waals surface area contributed by atoms with Gasteiger partial charge in [0.25, 0.3) is 0 Å². The van der Waals surface area contributed by atoms with Crippen LogP contribution in [0.1, 0.15) is 0 Å². The molecule has 0 aromatic heterocycles. The lowest BCUT2D eigenvalue weighted by molar-refractivity contribution is -0.134. The largest absolute Gasteiger partial charge is 0.466 e. The first-order valence-electron chi connectivity index (χ1n) is 3.99. The van der Waals surface area contributed by atoms with Crippen molar-refractivity contribution in [2.75, 3.05) is 26.9 Å². The lowest BCUT2D eigenvalue weighted by atomic mass is 10.0. The number of ether oxygens (including phenoxy) is 1. The molecule has 0 amide bonds. The summed E-state index contributed by atoms with van der Waals surface area (Å²) in [6, 6.07) is 0. The first-order valence-corrected chi connectivity index (χ1v) is 3.99. The summed E-state index contributed by atoms with van der Waals surface area (Å²) in [5.41, 5.74) is -1.22. The second-order valence-electron chi connectivity index (χ2n) is 2.76. The highest BCUT2D eigenvalue weighted by atomic mass is 16.5. The maximum Gasteiger partial charge on any atom is 0.331 e. The molecular formula is C8H15NO5. The first-order chi connectivity index (χ1) is 6.64. The van der Waals surface area contributed by atoms with Crippen molar-refractivity contribution in [3.63, 3.8) is 0 Å². The van der Waals surface area contributed by atoms with Crippen molar-refractivity contribution in [1.29, 1.82) is 0 Å². The number of esters is 1. The van der Waals surface area contributed by atoms with Crippen LogP contribution < -0.4 is 5.32 Å². The smallest absolute Gasteiger partial charge is 0.331 e. The van der Waals surface area contributed by atoms with Gasteiger partial charge in [-0.15, -0.1) is 0 Å². The molecule has 0 atom stereocenters. The topological polar surface area (TPSA) is 99.0 Å². The fraction of sp³-hybridized carbons (Fsp3) is 0.625. The van der Waals surface area contributed by atoms with Gasteiger partial charge in [0.15, 0.2) is 0 Å². The monoisotopic (exact) mass is 205 g/mol. The van der Waals surface area contributed by atoms with E-state index in [9.17, 15) is 4.79 Å². The molecule has 0 saturated carbocycles. The number of rotatable bonds is 6. The second kappa shape index (κ2) is 6.36. The van der Waals surface area contributed by atoms with Gasteiger partial charge in [-0.25, -0.2) is 4.79 Å². The van der Waals surface area contributed by atoms with Crippen LogP contribution in [0.2, 0.25) is 0 Å². The summed E-state index contributed by atoms with van der Waals surface area (Å²) in [5, 5.41) is 29.1. The van der Waals surface area contributed by atoms with Crippen LogP contribution in [-0.2, 0) is 9.53 Å². The Labute approximate surface area is 81.8 Å². The zero-order valence-electron chi connectivity index (χ0n) is 7.93. The quantitative estimate of drug-likeness (QED) is 0.295. The van der Waals surface area contributed by atoms with Gasteiger partial charge >= 0.3 is 5.97 Å². The molecule has 0 aromatic rings. The van der Waals surface area contributed by atoms with Crippen LogP contribution in [-0.4, -0.2) is 53.8 Å². The van der Waals surface area contributed by atoms with E-state index in [1.165, 1.54) is 13.3 Å². The predicted molar refractivity (Wildman–Crippen MR) is 48.3 cm³/mol. The normalized spacial score (nSPS) is 11.7. The summed E-state index contributed by atoms with van der Waals surface area (Å²) in [6.45, 7) is -1.36. The average Bonchev–Trinajstić information content (AvgIpc) is 2.25. The summed E-state index contributed by atoms with van der Waals surface area (Å²) < 4.78 is 4.31. The minimum atomic E-state index is -1.22. The highest BCUT2D eigenvalue weighted by molar-refractivity contribution is 5.81. The van der Waals surface area contributed by atoms with E-state index < -0.39 is 31.3 Å². The Morgan fingerprint density at radius 2 is 1.86 bits per heavy atom. The van der Waals surface area contributed by atoms with E-state index in [4.69, 9.17) is 15.3 Å². The van der Waals surface area contributed by atoms with E-state index in [1.54, 1.807) is 0 Å². The van der Waals surface area contributed by atoms with Crippen LogP contribution in [0.25, 0.3) is 0 Å². The van der Waals surface area contributed by atoms with Crippen molar-refractivity contribution in [1.82, 2.24) is 5.32 Å². The molecule has 0 spiro atoms. The fourth-order valence-corrected chi connectivity index (χ4v) is 0.641. The maximum atomic E-state index is 10.6. The minimum absolute atomic E-state index is 0.453. The minimum Gasteiger partial charge on any atom is -0.466 e.